The highest BCUT2D eigenvalue weighted by Crippen LogP contribution is 2.23. The molecule has 1 atom stereocenters. The van der Waals surface area contributed by atoms with Crippen LogP contribution in [0.4, 0.5) is 10.9 Å². The van der Waals surface area contributed by atoms with Gasteiger partial charge in [0.25, 0.3) is 0 Å². The third-order valence-corrected chi connectivity index (χ3v) is 5.66. The highest BCUT2D eigenvalue weighted by atomic mass is 32.1. The van der Waals surface area contributed by atoms with Gasteiger partial charge in [0, 0.05) is 42.0 Å². The maximum Gasteiger partial charge on any atom is 0.246 e. The summed E-state index contributed by atoms with van der Waals surface area (Å²) in [5, 5.41) is 4.06. The minimum absolute atomic E-state index is 0.0356. The quantitative estimate of drug-likeness (QED) is 0.607. The highest BCUT2D eigenvalue weighted by molar-refractivity contribution is 7.15. The Kier molecular flexibility index (Phi) is 5.95. The number of rotatable bonds is 6. The Morgan fingerprint density at radius 1 is 1.38 bits per heavy atom. The molecular formula is C20H23N7OS. The highest BCUT2D eigenvalue weighted by Gasteiger charge is 2.23. The first-order valence-corrected chi connectivity index (χ1v) is 10.4. The fourth-order valence-electron chi connectivity index (χ4n) is 3.45. The topological polar surface area (TPSA) is 99.7 Å². The molecule has 0 unspecified atom stereocenters. The maximum atomic E-state index is 12.5. The molecule has 1 saturated heterocycles. The summed E-state index contributed by atoms with van der Waals surface area (Å²) in [6.45, 7) is 3.56. The van der Waals surface area contributed by atoms with Crippen molar-refractivity contribution in [2.24, 2.45) is 5.92 Å². The molecule has 0 spiro atoms. The van der Waals surface area contributed by atoms with E-state index in [1.807, 2.05) is 24.1 Å². The van der Waals surface area contributed by atoms with Gasteiger partial charge in [0.05, 0.1) is 18.2 Å². The molecule has 29 heavy (non-hydrogen) atoms. The third-order valence-electron chi connectivity index (χ3n) is 4.83. The molecule has 150 valence electrons. The van der Waals surface area contributed by atoms with E-state index in [0.29, 0.717) is 5.92 Å². The molecule has 1 aliphatic rings. The molecule has 1 fully saturated rings. The van der Waals surface area contributed by atoms with E-state index in [-0.39, 0.29) is 5.91 Å². The first-order valence-electron chi connectivity index (χ1n) is 9.61. The average Bonchev–Trinajstić information content (AvgIpc) is 3.38. The molecule has 8 nitrogen and oxygen atoms in total. The van der Waals surface area contributed by atoms with Crippen molar-refractivity contribution in [3.63, 3.8) is 0 Å². The van der Waals surface area contributed by atoms with Gasteiger partial charge in [-0.2, -0.15) is 0 Å². The fraction of sp³-hybridized carbons (Fsp3) is 0.350. The molecule has 3 aromatic rings. The number of imidazole rings is 1. The van der Waals surface area contributed by atoms with Crippen molar-refractivity contribution in [1.29, 1.82) is 0 Å². The van der Waals surface area contributed by atoms with Gasteiger partial charge in [-0.3, -0.25) is 4.79 Å². The normalized spacial score (nSPS) is 17.0. The third kappa shape index (κ3) is 5.26. The monoisotopic (exact) mass is 409 g/mol. The van der Waals surface area contributed by atoms with Crippen LogP contribution >= 0.6 is 11.3 Å². The van der Waals surface area contributed by atoms with Gasteiger partial charge in [0.15, 0.2) is 5.13 Å². The van der Waals surface area contributed by atoms with Crippen molar-refractivity contribution < 1.29 is 4.79 Å². The molecule has 0 aromatic carbocycles. The molecule has 3 aromatic heterocycles. The molecule has 4 rings (SSSR count). The van der Waals surface area contributed by atoms with Crippen LogP contribution in [-0.4, -0.2) is 48.8 Å². The standard InChI is InChI=1S/C20H23N7OS/c1-14-9-22-20(29-14)26-18-8-17(24-13-25-18)7-15-3-2-6-27(11-15)19(28)5-4-16-10-21-12-23-16/h4-5,8-10,12-13,15H,2-3,6-7,11H2,1H3,(H,21,23)(H,22,24,25,26)/b5-4+/t15-/m1/s1. The number of hydrogen-bond donors (Lipinski definition) is 2. The summed E-state index contributed by atoms with van der Waals surface area (Å²) in [7, 11) is 0. The van der Waals surface area contributed by atoms with E-state index in [1.165, 1.54) is 0 Å². The number of hydrogen-bond acceptors (Lipinski definition) is 7. The van der Waals surface area contributed by atoms with Crippen LogP contribution in [0.5, 0.6) is 0 Å². The van der Waals surface area contributed by atoms with Crippen LogP contribution < -0.4 is 5.32 Å². The van der Waals surface area contributed by atoms with Gasteiger partial charge in [-0.05, 0) is 38.2 Å². The lowest BCUT2D eigenvalue weighted by Crippen LogP contribution is -2.39. The van der Waals surface area contributed by atoms with Crippen molar-refractivity contribution in [2.45, 2.75) is 26.2 Å². The van der Waals surface area contributed by atoms with Gasteiger partial charge in [0.2, 0.25) is 5.91 Å². The Labute approximate surface area is 173 Å². The van der Waals surface area contributed by atoms with Crippen LogP contribution in [0.3, 0.4) is 0 Å². The molecular weight excluding hydrogens is 386 g/mol. The maximum absolute atomic E-state index is 12.5. The van der Waals surface area contributed by atoms with Gasteiger partial charge >= 0.3 is 0 Å². The zero-order chi connectivity index (χ0) is 20.1. The Hall–Kier alpha value is -3.07. The molecule has 1 amide bonds. The molecule has 0 bridgehead atoms. The second-order valence-electron chi connectivity index (χ2n) is 7.13. The molecule has 9 heteroatoms. The first-order chi connectivity index (χ1) is 14.2. The Balaban J connectivity index is 1.35. The van der Waals surface area contributed by atoms with Crippen LogP contribution in [0.15, 0.2) is 37.2 Å². The number of aryl methyl sites for hydroxylation is 1. The zero-order valence-corrected chi connectivity index (χ0v) is 17.0. The number of aromatic amines is 1. The van der Waals surface area contributed by atoms with Crippen LogP contribution in [0, 0.1) is 12.8 Å². The first kappa shape index (κ1) is 19.3. The summed E-state index contributed by atoms with van der Waals surface area (Å²) in [5.41, 5.74) is 1.80. The van der Waals surface area contributed by atoms with E-state index in [1.54, 1.807) is 42.3 Å². The predicted octanol–water partition coefficient (Wildman–Crippen LogP) is 3.20. The second-order valence-corrected chi connectivity index (χ2v) is 8.37. The number of H-pyrrole nitrogens is 1. The summed E-state index contributed by atoms with van der Waals surface area (Å²) in [4.78, 5) is 35.5. The summed E-state index contributed by atoms with van der Waals surface area (Å²) >= 11 is 1.59. The fourth-order valence-corrected chi connectivity index (χ4v) is 4.12. The number of nitrogens with zero attached hydrogens (tertiary/aromatic N) is 5. The van der Waals surface area contributed by atoms with Crippen molar-refractivity contribution in [3.8, 4) is 0 Å². The second kappa shape index (κ2) is 8.95. The summed E-state index contributed by atoms with van der Waals surface area (Å²) in [6, 6.07) is 1.97. The van der Waals surface area contributed by atoms with Gasteiger partial charge in [0.1, 0.15) is 12.1 Å². The SMILES string of the molecule is Cc1cnc(Nc2cc(C[C@H]3CCCN(C(=O)/C=C/c4cnc[nH]4)C3)ncn2)s1. The minimum atomic E-state index is 0.0356. The Morgan fingerprint density at radius 3 is 3.10 bits per heavy atom. The van der Waals surface area contributed by atoms with Crippen molar-refractivity contribution in [2.75, 3.05) is 18.4 Å². The summed E-state index contributed by atoms with van der Waals surface area (Å²) < 4.78 is 0. The minimum Gasteiger partial charge on any atom is -0.345 e. The number of piperidine rings is 1. The molecule has 2 N–H and O–H groups in total. The van der Waals surface area contributed by atoms with Crippen LogP contribution in [0.25, 0.3) is 6.08 Å². The molecule has 0 saturated carbocycles. The van der Waals surface area contributed by atoms with Crippen LogP contribution in [-0.2, 0) is 11.2 Å². The molecule has 0 radical (unpaired) electrons. The lowest BCUT2D eigenvalue weighted by Gasteiger charge is -2.32. The van der Waals surface area contributed by atoms with E-state index in [4.69, 9.17) is 0 Å². The number of amides is 1. The number of likely N-dealkylation sites (tertiary alicyclic amines) is 1. The van der Waals surface area contributed by atoms with Gasteiger partial charge in [-0.25, -0.2) is 19.9 Å². The summed E-state index contributed by atoms with van der Waals surface area (Å²) in [6.07, 6.45) is 13.0. The van der Waals surface area contributed by atoms with Gasteiger partial charge in [-0.15, -0.1) is 11.3 Å². The Morgan fingerprint density at radius 2 is 2.31 bits per heavy atom. The van der Waals surface area contributed by atoms with E-state index >= 15 is 0 Å². The van der Waals surface area contributed by atoms with E-state index in [2.05, 4.69) is 30.2 Å². The largest absolute Gasteiger partial charge is 0.345 e. The summed E-state index contributed by atoms with van der Waals surface area (Å²) in [5.74, 6) is 1.17. The van der Waals surface area contributed by atoms with Crippen molar-refractivity contribution >= 4 is 34.3 Å². The van der Waals surface area contributed by atoms with Crippen LogP contribution in [0.1, 0.15) is 29.1 Å². The number of aromatic nitrogens is 5. The van der Waals surface area contributed by atoms with Crippen molar-refractivity contribution in [1.82, 2.24) is 29.8 Å². The van der Waals surface area contributed by atoms with E-state index in [0.717, 1.165) is 59.6 Å². The van der Waals surface area contributed by atoms with E-state index in [9.17, 15) is 4.79 Å². The molecule has 1 aliphatic heterocycles. The molecule has 0 aliphatic carbocycles. The smallest absolute Gasteiger partial charge is 0.246 e. The zero-order valence-electron chi connectivity index (χ0n) is 16.2. The molecule has 4 heterocycles. The lowest BCUT2D eigenvalue weighted by atomic mass is 9.93. The van der Waals surface area contributed by atoms with Crippen LogP contribution in [0.2, 0.25) is 0 Å². The number of carbonyl (C=O) groups excluding carboxylic acids is 1. The Bertz CT molecular complexity index is 982. The lowest BCUT2D eigenvalue weighted by molar-refractivity contribution is -0.127. The number of carbonyl (C=O) groups is 1. The number of nitrogens with one attached hydrogen (secondary N) is 2. The van der Waals surface area contributed by atoms with Gasteiger partial charge < -0.3 is 15.2 Å². The van der Waals surface area contributed by atoms with Crippen molar-refractivity contribution in [3.05, 3.63) is 53.5 Å². The average molecular weight is 410 g/mol. The van der Waals surface area contributed by atoms with E-state index < -0.39 is 0 Å². The van der Waals surface area contributed by atoms with Gasteiger partial charge in [-0.1, -0.05) is 0 Å². The number of anilines is 2. The predicted molar refractivity (Wildman–Crippen MR) is 113 cm³/mol. The number of thiazole rings is 1.